The summed E-state index contributed by atoms with van der Waals surface area (Å²) in [5.41, 5.74) is 0.915. The molecule has 7 heteroatoms. The molecule has 1 saturated heterocycles. The maximum Gasteiger partial charge on any atom is 0.142 e. The molecule has 0 radical (unpaired) electrons. The lowest BCUT2D eigenvalue weighted by Crippen LogP contribution is -2.44. The predicted molar refractivity (Wildman–Crippen MR) is 98.2 cm³/mol. The molecule has 0 amide bonds. The summed E-state index contributed by atoms with van der Waals surface area (Å²) in [6.07, 6.45) is 7.23. The van der Waals surface area contributed by atoms with Crippen molar-refractivity contribution in [2.24, 2.45) is 5.92 Å². The minimum Gasteiger partial charge on any atom is -0.380 e. The summed E-state index contributed by atoms with van der Waals surface area (Å²) >= 11 is 1.98. The molecule has 3 heterocycles. The van der Waals surface area contributed by atoms with E-state index in [2.05, 4.69) is 44.3 Å². The molecule has 2 aromatic rings. The third-order valence-corrected chi connectivity index (χ3v) is 6.69. The van der Waals surface area contributed by atoms with Gasteiger partial charge in [0, 0.05) is 37.7 Å². The van der Waals surface area contributed by atoms with Gasteiger partial charge in [-0.2, -0.15) is 0 Å². The largest absolute Gasteiger partial charge is 0.380 e. The molecule has 1 N–H and O–H groups in total. The van der Waals surface area contributed by atoms with Crippen LogP contribution in [0.2, 0.25) is 0 Å². The molecule has 0 bridgehead atoms. The molecule has 2 fully saturated rings. The number of aromatic amines is 1. The van der Waals surface area contributed by atoms with Crippen LogP contribution in [0.1, 0.15) is 19.3 Å². The average Bonchev–Trinajstić information content (AvgIpc) is 3.23. The Bertz CT molecular complexity index is 680. The number of likely N-dealkylation sites (N-methyl/N-ethyl adjacent to an activating group) is 1. The summed E-state index contributed by atoms with van der Waals surface area (Å²) in [5, 5.41) is 1.11. The molecule has 0 aromatic carbocycles. The van der Waals surface area contributed by atoms with Crippen molar-refractivity contribution in [2.75, 3.05) is 38.0 Å². The van der Waals surface area contributed by atoms with Crippen molar-refractivity contribution >= 4 is 28.8 Å². The zero-order chi connectivity index (χ0) is 16.5. The van der Waals surface area contributed by atoms with E-state index in [0.29, 0.717) is 12.1 Å². The first kappa shape index (κ1) is 16.2. The van der Waals surface area contributed by atoms with Crippen LogP contribution in [-0.2, 0) is 4.74 Å². The number of nitrogens with one attached hydrogen (secondary N) is 1. The maximum atomic E-state index is 5.48. The Hall–Kier alpha value is -1.31. The van der Waals surface area contributed by atoms with Gasteiger partial charge in [0.2, 0.25) is 0 Å². The van der Waals surface area contributed by atoms with Gasteiger partial charge in [-0.25, -0.2) is 14.3 Å². The molecule has 1 atom stereocenters. The topological polar surface area (TPSA) is 57.3 Å². The summed E-state index contributed by atoms with van der Waals surface area (Å²) in [6.45, 7) is 1.80. The van der Waals surface area contributed by atoms with E-state index in [1.54, 1.807) is 6.33 Å². The lowest BCUT2D eigenvalue weighted by molar-refractivity contribution is 0.182. The highest BCUT2D eigenvalue weighted by molar-refractivity contribution is 7.97. The van der Waals surface area contributed by atoms with E-state index in [9.17, 15) is 0 Å². The van der Waals surface area contributed by atoms with E-state index in [0.717, 1.165) is 36.0 Å². The van der Waals surface area contributed by atoms with E-state index < -0.39 is 0 Å². The second-order valence-corrected chi connectivity index (χ2v) is 8.07. The molecule has 4 rings (SSSR count). The maximum absolute atomic E-state index is 5.48. The summed E-state index contributed by atoms with van der Waals surface area (Å²) in [7, 11) is 4.36. The first-order valence-electron chi connectivity index (χ1n) is 8.67. The zero-order valence-corrected chi connectivity index (χ0v) is 15.1. The van der Waals surface area contributed by atoms with Crippen molar-refractivity contribution in [2.45, 2.75) is 31.3 Å². The molecule has 2 aromatic heterocycles. The number of fused-ring (bicyclic) bond motifs is 1. The number of hydrogen-bond acceptors (Lipinski definition) is 6. The lowest BCUT2D eigenvalue weighted by atomic mass is 9.81. The number of nitrogens with zero attached hydrogens (tertiary/aromatic N) is 4. The molecule has 130 valence electrons. The van der Waals surface area contributed by atoms with Crippen molar-refractivity contribution in [1.82, 2.24) is 19.3 Å². The third kappa shape index (κ3) is 3.12. The fourth-order valence-corrected chi connectivity index (χ4v) is 4.70. The highest BCUT2D eigenvalue weighted by Gasteiger charge is 2.34. The summed E-state index contributed by atoms with van der Waals surface area (Å²) in [5.74, 6) is 3.05. The highest BCUT2D eigenvalue weighted by Crippen LogP contribution is 2.37. The van der Waals surface area contributed by atoms with Gasteiger partial charge in [-0.3, -0.25) is 0 Å². The molecular formula is C17H25N5OS. The van der Waals surface area contributed by atoms with Crippen molar-refractivity contribution in [3.8, 4) is 0 Å². The van der Waals surface area contributed by atoms with Crippen LogP contribution in [0.5, 0.6) is 0 Å². The summed E-state index contributed by atoms with van der Waals surface area (Å²) < 4.78 is 7.88. The Morgan fingerprint density at radius 3 is 2.96 bits per heavy atom. The standard InChI is InChI=1S/C17H25N5OS/c1-21(17-15-3-5-18-16(15)19-11-20-17)14-7-12(8-14)10-24-22(2)13-4-6-23-9-13/h3,5,11-14H,4,6-10H2,1-2H3,(H,18,19,20)/t12-,13?,14+. The van der Waals surface area contributed by atoms with Crippen molar-refractivity contribution in [3.05, 3.63) is 18.6 Å². The number of H-pyrrole nitrogens is 1. The number of hydrogen-bond donors (Lipinski definition) is 1. The molecule has 1 aliphatic heterocycles. The van der Waals surface area contributed by atoms with E-state index in [4.69, 9.17) is 4.74 Å². The molecule has 6 nitrogen and oxygen atoms in total. The number of rotatable bonds is 6. The molecule has 2 aliphatic rings. The van der Waals surface area contributed by atoms with Gasteiger partial charge >= 0.3 is 0 Å². The van der Waals surface area contributed by atoms with Gasteiger partial charge in [0.25, 0.3) is 0 Å². The fourth-order valence-electron chi connectivity index (χ4n) is 3.60. The first-order chi connectivity index (χ1) is 11.7. The van der Waals surface area contributed by atoms with Crippen molar-refractivity contribution in [1.29, 1.82) is 0 Å². The molecule has 0 spiro atoms. The van der Waals surface area contributed by atoms with Gasteiger partial charge in [-0.15, -0.1) is 0 Å². The summed E-state index contributed by atoms with van der Waals surface area (Å²) in [6, 6.07) is 3.24. The predicted octanol–water partition coefficient (Wildman–Crippen LogP) is 2.54. The number of ether oxygens (including phenoxy) is 1. The molecule has 1 aliphatic carbocycles. The normalized spacial score (nSPS) is 26.9. The van der Waals surface area contributed by atoms with Crippen LogP contribution >= 0.6 is 11.9 Å². The monoisotopic (exact) mass is 347 g/mol. The second kappa shape index (κ2) is 6.90. The SMILES string of the molecule is CN(SC[C@H]1C[C@@H](N(C)c2ncnc3[nH]ccc23)C1)C1CCOC1. The molecule has 24 heavy (non-hydrogen) atoms. The van der Waals surface area contributed by atoms with Gasteiger partial charge in [0.05, 0.1) is 12.0 Å². The van der Waals surface area contributed by atoms with Gasteiger partial charge in [-0.05, 0) is 38.3 Å². The lowest BCUT2D eigenvalue weighted by Gasteiger charge is -2.42. The van der Waals surface area contributed by atoms with Crippen LogP contribution in [0.15, 0.2) is 18.6 Å². The quantitative estimate of drug-likeness (QED) is 0.811. The Labute approximate surface area is 147 Å². The molecule has 1 saturated carbocycles. The van der Waals surface area contributed by atoms with Crippen molar-refractivity contribution < 1.29 is 4.74 Å². The van der Waals surface area contributed by atoms with E-state index >= 15 is 0 Å². The van der Waals surface area contributed by atoms with Crippen LogP contribution in [-0.4, -0.2) is 64.4 Å². The zero-order valence-electron chi connectivity index (χ0n) is 14.3. The number of anilines is 1. The number of aromatic nitrogens is 3. The Morgan fingerprint density at radius 1 is 1.29 bits per heavy atom. The van der Waals surface area contributed by atoms with E-state index in [-0.39, 0.29) is 0 Å². The Morgan fingerprint density at radius 2 is 2.17 bits per heavy atom. The van der Waals surface area contributed by atoms with Crippen LogP contribution < -0.4 is 4.90 Å². The molecule has 1 unspecified atom stereocenters. The van der Waals surface area contributed by atoms with Crippen LogP contribution in [0, 0.1) is 5.92 Å². The minimum atomic E-state index is 0.587. The first-order valence-corrected chi connectivity index (χ1v) is 9.61. The van der Waals surface area contributed by atoms with Crippen LogP contribution in [0.4, 0.5) is 5.82 Å². The summed E-state index contributed by atoms with van der Waals surface area (Å²) in [4.78, 5) is 14.3. The average molecular weight is 347 g/mol. The third-order valence-electron chi connectivity index (χ3n) is 5.36. The molecular weight excluding hydrogens is 322 g/mol. The van der Waals surface area contributed by atoms with Crippen LogP contribution in [0.25, 0.3) is 11.0 Å². The van der Waals surface area contributed by atoms with Gasteiger partial charge in [-0.1, -0.05) is 11.9 Å². The second-order valence-electron chi connectivity index (χ2n) is 6.90. The van der Waals surface area contributed by atoms with Gasteiger partial charge in [0.1, 0.15) is 17.8 Å². The van der Waals surface area contributed by atoms with E-state index in [1.165, 1.54) is 25.0 Å². The van der Waals surface area contributed by atoms with E-state index in [1.807, 2.05) is 18.1 Å². The smallest absolute Gasteiger partial charge is 0.142 e. The fraction of sp³-hybridized carbons (Fsp3) is 0.647. The Balaban J connectivity index is 1.28. The minimum absolute atomic E-state index is 0.587. The highest BCUT2D eigenvalue weighted by atomic mass is 32.2. The van der Waals surface area contributed by atoms with Gasteiger partial charge in [0.15, 0.2) is 0 Å². The Kier molecular flexibility index (Phi) is 4.65. The van der Waals surface area contributed by atoms with Crippen molar-refractivity contribution in [3.63, 3.8) is 0 Å². The van der Waals surface area contributed by atoms with Gasteiger partial charge < -0.3 is 14.6 Å². The van der Waals surface area contributed by atoms with Crippen LogP contribution in [0.3, 0.4) is 0 Å².